The van der Waals surface area contributed by atoms with Crippen molar-refractivity contribution in [2.75, 3.05) is 6.61 Å². The second-order valence-electron chi connectivity index (χ2n) is 6.16. The summed E-state index contributed by atoms with van der Waals surface area (Å²) in [6, 6.07) is 9.46. The first-order valence-electron chi connectivity index (χ1n) is 7.89. The van der Waals surface area contributed by atoms with E-state index in [1.54, 1.807) is 0 Å². The van der Waals surface area contributed by atoms with E-state index in [4.69, 9.17) is 5.11 Å². The third kappa shape index (κ3) is 3.47. The fourth-order valence-corrected chi connectivity index (χ4v) is 3.68. The van der Waals surface area contributed by atoms with Gasteiger partial charge in [-0.05, 0) is 43.4 Å². The first-order chi connectivity index (χ1) is 10.3. The molecule has 3 nitrogen and oxygen atoms in total. The first kappa shape index (κ1) is 14.6. The van der Waals surface area contributed by atoms with E-state index in [0.717, 1.165) is 24.9 Å². The van der Waals surface area contributed by atoms with Gasteiger partial charge in [-0.25, -0.2) is 0 Å². The maximum atomic E-state index is 9.87. The summed E-state index contributed by atoms with van der Waals surface area (Å²) < 4.78 is 0. The van der Waals surface area contributed by atoms with Crippen LogP contribution in [-0.2, 0) is 6.54 Å². The van der Waals surface area contributed by atoms with Crippen molar-refractivity contribution < 1.29 is 10.2 Å². The lowest BCUT2D eigenvalue weighted by molar-refractivity contribution is 0.0310. The second kappa shape index (κ2) is 6.62. The van der Waals surface area contributed by atoms with Gasteiger partial charge >= 0.3 is 0 Å². The molecule has 112 valence electrons. The average Bonchev–Trinajstić information content (AvgIpc) is 2.71. The molecule has 0 aliphatic carbocycles. The summed E-state index contributed by atoms with van der Waals surface area (Å²) in [5.41, 5.74) is 2.31. The molecular formula is C18H23NO2. The lowest BCUT2D eigenvalue weighted by atomic mass is 9.99. The molecule has 2 heterocycles. The number of hydrogen-bond acceptors (Lipinski definition) is 3. The first-order valence-corrected chi connectivity index (χ1v) is 7.89. The van der Waals surface area contributed by atoms with Crippen LogP contribution >= 0.6 is 0 Å². The summed E-state index contributed by atoms with van der Waals surface area (Å²) in [6.45, 7) is 1.07. The summed E-state index contributed by atoms with van der Waals surface area (Å²) in [7, 11) is 0. The zero-order chi connectivity index (χ0) is 14.7. The van der Waals surface area contributed by atoms with Crippen LogP contribution in [0.2, 0.25) is 0 Å². The predicted molar refractivity (Wildman–Crippen MR) is 82.6 cm³/mol. The Bertz CT molecular complexity index is 532. The molecule has 2 aliphatic rings. The number of rotatable bonds is 3. The highest BCUT2D eigenvalue weighted by molar-refractivity contribution is 5.37. The van der Waals surface area contributed by atoms with Gasteiger partial charge in [0.15, 0.2) is 0 Å². The van der Waals surface area contributed by atoms with Crippen LogP contribution < -0.4 is 0 Å². The predicted octanol–water partition coefficient (Wildman–Crippen LogP) is 1.91. The van der Waals surface area contributed by atoms with Crippen LogP contribution in [0.5, 0.6) is 0 Å². The van der Waals surface area contributed by atoms with E-state index in [1.165, 1.54) is 18.4 Å². The molecule has 0 aromatic heterocycles. The third-order valence-electron chi connectivity index (χ3n) is 4.62. The molecule has 2 unspecified atom stereocenters. The van der Waals surface area contributed by atoms with Crippen molar-refractivity contribution in [3.8, 4) is 11.8 Å². The molecule has 0 spiro atoms. The Labute approximate surface area is 126 Å². The Balaban J connectivity index is 1.68. The highest BCUT2D eigenvalue weighted by Crippen LogP contribution is 2.36. The molecule has 0 radical (unpaired) electrons. The largest absolute Gasteiger partial charge is 0.395 e. The van der Waals surface area contributed by atoms with Gasteiger partial charge in [-0.15, -0.1) is 0 Å². The molecule has 1 aromatic rings. The Morgan fingerprint density at radius 3 is 2.67 bits per heavy atom. The molecule has 0 amide bonds. The topological polar surface area (TPSA) is 43.7 Å². The lowest BCUT2D eigenvalue weighted by Crippen LogP contribution is -2.44. The smallest absolute Gasteiger partial charge is 0.0570 e. The van der Waals surface area contributed by atoms with Crippen LogP contribution in [0, 0.1) is 11.8 Å². The zero-order valence-electron chi connectivity index (χ0n) is 12.3. The maximum Gasteiger partial charge on any atom is 0.0570 e. The number of nitrogens with zero attached hydrogens (tertiary/aromatic N) is 1. The molecule has 3 heteroatoms. The van der Waals surface area contributed by atoms with Crippen molar-refractivity contribution in [3.05, 3.63) is 35.4 Å². The minimum Gasteiger partial charge on any atom is -0.395 e. The summed E-state index contributed by atoms with van der Waals surface area (Å²) in [6.07, 6.45) is 4.71. The molecule has 2 aliphatic heterocycles. The van der Waals surface area contributed by atoms with Gasteiger partial charge in [0.25, 0.3) is 0 Å². The van der Waals surface area contributed by atoms with Gasteiger partial charge < -0.3 is 10.2 Å². The van der Waals surface area contributed by atoms with E-state index in [1.807, 2.05) is 6.07 Å². The Kier molecular flexibility index (Phi) is 4.60. The monoisotopic (exact) mass is 285 g/mol. The van der Waals surface area contributed by atoms with Crippen molar-refractivity contribution in [2.45, 2.75) is 56.8 Å². The Morgan fingerprint density at radius 1 is 1.19 bits per heavy atom. The molecule has 21 heavy (non-hydrogen) atoms. The van der Waals surface area contributed by atoms with Gasteiger partial charge in [0.1, 0.15) is 0 Å². The van der Waals surface area contributed by atoms with E-state index in [-0.39, 0.29) is 12.7 Å². The molecule has 2 fully saturated rings. The number of benzene rings is 1. The standard InChI is InChI=1S/C18H23NO2/c20-9-2-1-4-14-5-3-6-15(10-14)13-19-16-7-8-17(19)12-18(21)11-16/h3,5-6,10,16-18,20-21H,2,7-9,11-13H2. The normalized spacial score (nSPS) is 28.2. The van der Waals surface area contributed by atoms with Crippen molar-refractivity contribution in [1.29, 1.82) is 0 Å². The summed E-state index contributed by atoms with van der Waals surface area (Å²) in [5.74, 6) is 6.07. The fraction of sp³-hybridized carbons (Fsp3) is 0.556. The number of hydrogen-bond donors (Lipinski definition) is 2. The van der Waals surface area contributed by atoms with Gasteiger partial charge in [0, 0.05) is 30.6 Å². The lowest BCUT2D eigenvalue weighted by Gasteiger charge is -2.37. The molecule has 2 saturated heterocycles. The van der Waals surface area contributed by atoms with Crippen LogP contribution in [0.1, 0.15) is 43.2 Å². The van der Waals surface area contributed by atoms with E-state index < -0.39 is 0 Å². The van der Waals surface area contributed by atoms with Crippen LogP contribution in [-0.4, -0.2) is 39.9 Å². The van der Waals surface area contributed by atoms with E-state index in [9.17, 15) is 5.11 Å². The highest BCUT2D eigenvalue weighted by atomic mass is 16.3. The molecule has 3 rings (SSSR count). The average molecular weight is 285 g/mol. The van der Waals surface area contributed by atoms with Crippen molar-refractivity contribution in [3.63, 3.8) is 0 Å². The molecule has 2 atom stereocenters. The molecular weight excluding hydrogens is 262 g/mol. The van der Waals surface area contributed by atoms with E-state index >= 15 is 0 Å². The molecule has 0 saturated carbocycles. The third-order valence-corrected chi connectivity index (χ3v) is 4.62. The van der Waals surface area contributed by atoms with Crippen LogP contribution in [0.3, 0.4) is 0 Å². The van der Waals surface area contributed by atoms with Crippen LogP contribution in [0.15, 0.2) is 24.3 Å². The number of aliphatic hydroxyl groups is 2. The van der Waals surface area contributed by atoms with Crippen molar-refractivity contribution in [1.82, 2.24) is 4.90 Å². The maximum absolute atomic E-state index is 9.87. The fourth-order valence-electron chi connectivity index (χ4n) is 3.68. The van der Waals surface area contributed by atoms with Crippen molar-refractivity contribution >= 4 is 0 Å². The molecule has 2 bridgehead atoms. The molecule has 2 N–H and O–H groups in total. The SMILES string of the molecule is OCCC#Cc1cccc(CN2C3CCC2CC(O)C3)c1. The van der Waals surface area contributed by atoms with Crippen molar-refractivity contribution in [2.24, 2.45) is 0 Å². The quantitative estimate of drug-likeness (QED) is 0.834. The van der Waals surface area contributed by atoms with E-state index in [0.29, 0.717) is 18.5 Å². The summed E-state index contributed by atoms with van der Waals surface area (Å²) in [4.78, 5) is 2.56. The van der Waals surface area contributed by atoms with Gasteiger partial charge in [-0.2, -0.15) is 0 Å². The van der Waals surface area contributed by atoms with Gasteiger partial charge in [0.2, 0.25) is 0 Å². The molecule has 1 aromatic carbocycles. The van der Waals surface area contributed by atoms with Gasteiger partial charge in [-0.3, -0.25) is 4.90 Å². The number of piperidine rings is 1. The Hall–Kier alpha value is -1.34. The minimum absolute atomic E-state index is 0.102. The van der Waals surface area contributed by atoms with Crippen LogP contribution in [0.4, 0.5) is 0 Å². The number of fused-ring (bicyclic) bond motifs is 2. The van der Waals surface area contributed by atoms with E-state index in [2.05, 4.69) is 34.9 Å². The second-order valence-corrected chi connectivity index (χ2v) is 6.16. The Morgan fingerprint density at radius 2 is 1.95 bits per heavy atom. The van der Waals surface area contributed by atoms with Gasteiger partial charge in [-0.1, -0.05) is 24.0 Å². The van der Waals surface area contributed by atoms with Crippen LogP contribution in [0.25, 0.3) is 0 Å². The highest BCUT2D eigenvalue weighted by Gasteiger charge is 2.39. The minimum atomic E-state index is -0.102. The number of aliphatic hydroxyl groups excluding tert-OH is 2. The summed E-state index contributed by atoms with van der Waals surface area (Å²) >= 11 is 0. The summed E-state index contributed by atoms with van der Waals surface area (Å²) in [5, 5.41) is 18.6. The zero-order valence-corrected chi connectivity index (χ0v) is 12.3. The van der Waals surface area contributed by atoms with Gasteiger partial charge in [0.05, 0.1) is 12.7 Å².